The molecular formula is C17H24N2O3. The molecule has 1 N–H and O–H groups in total. The minimum Gasteiger partial charge on any atom is -0.378 e. The van der Waals surface area contributed by atoms with E-state index in [0.29, 0.717) is 18.8 Å². The summed E-state index contributed by atoms with van der Waals surface area (Å²) < 4.78 is 11.5. The van der Waals surface area contributed by atoms with Gasteiger partial charge in [-0.3, -0.25) is 4.79 Å². The molecular weight excluding hydrogens is 280 g/mol. The van der Waals surface area contributed by atoms with E-state index in [9.17, 15) is 4.79 Å². The first-order valence-electron chi connectivity index (χ1n) is 7.94. The predicted octanol–water partition coefficient (Wildman–Crippen LogP) is 2.17. The smallest absolute Gasteiger partial charge is 0.251 e. The van der Waals surface area contributed by atoms with Crippen LogP contribution in [-0.2, 0) is 9.47 Å². The number of benzene rings is 1. The second kappa shape index (κ2) is 6.26. The van der Waals surface area contributed by atoms with Crippen molar-refractivity contribution >= 4 is 11.6 Å². The van der Waals surface area contributed by atoms with E-state index in [2.05, 4.69) is 5.32 Å². The Hall–Kier alpha value is -1.59. The maximum absolute atomic E-state index is 12.4. The van der Waals surface area contributed by atoms with Gasteiger partial charge in [0.2, 0.25) is 0 Å². The van der Waals surface area contributed by atoms with Crippen LogP contribution < -0.4 is 10.2 Å². The van der Waals surface area contributed by atoms with E-state index in [1.54, 1.807) is 0 Å². The lowest BCUT2D eigenvalue weighted by molar-refractivity contribution is -0.181. The van der Waals surface area contributed by atoms with Gasteiger partial charge in [0.15, 0.2) is 5.79 Å². The van der Waals surface area contributed by atoms with Gasteiger partial charge in [0.05, 0.1) is 13.2 Å². The molecule has 5 heteroatoms. The van der Waals surface area contributed by atoms with Crippen LogP contribution in [0.25, 0.3) is 0 Å². The summed E-state index contributed by atoms with van der Waals surface area (Å²) >= 11 is 0. The minimum absolute atomic E-state index is 0.0228. The van der Waals surface area contributed by atoms with Gasteiger partial charge >= 0.3 is 0 Å². The maximum atomic E-state index is 12.4. The Bertz CT molecular complexity index is 521. The fourth-order valence-electron chi connectivity index (χ4n) is 3.26. The summed E-state index contributed by atoms with van der Waals surface area (Å²) in [5, 5.41) is 3.12. The number of nitrogens with zero attached hydrogens (tertiary/aromatic N) is 1. The summed E-state index contributed by atoms with van der Waals surface area (Å²) in [4.78, 5) is 14.4. The number of carbonyl (C=O) groups is 1. The highest BCUT2D eigenvalue weighted by Gasteiger charge is 2.41. The fourth-order valence-corrected chi connectivity index (χ4v) is 3.26. The largest absolute Gasteiger partial charge is 0.378 e. The highest BCUT2D eigenvalue weighted by Crippen LogP contribution is 2.35. The Morgan fingerprint density at radius 3 is 2.55 bits per heavy atom. The lowest BCUT2D eigenvalue weighted by atomic mass is 9.89. The molecule has 1 heterocycles. The van der Waals surface area contributed by atoms with Gasteiger partial charge in [-0.1, -0.05) is 0 Å². The van der Waals surface area contributed by atoms with E-state index in [1.807, 2.05) is 43.3 Å². The van der Waals surface area contributed by atoms with Crippen LogP contribution in [0.4, 0.5) is 5.69 Å². The van der Waals surface area contributed by atoms with Crippen LogP contribution >= 0.6 is 0 Å². The molecule has 1 amide bonds. The van der Waals surface area contributed by atoms with Crippen molar-refractivity contribution < 1.29 is 14.3 Å². The first-order valence-corrected chi connectivity index (χ1v) is 7.94. The van der Waals surface area contributed by atoms with Crippen LogP contribution in [0.5, 0.6) is 0 Å². The zero-order chi connectivity index (χ0) is 15.6. The second-order valence-electron chi connectivity index (χ2n) is 6.32. The van der Waals surface area contributed by atoms with Crippen LogP contribution in [0, 0.1) is 0 Å². The van der Waals surface area contributed by atoms with Gasteiger partial charge in [-0.15, -0.1) is 0 Å². The molecule has 3 rings (SSSR count). The van der Waals surface area contributed by atoms with E-state index in [0.717, 1.165) is 31.4 Å². The van der Waals surface area contributed by atoms with Crippen molar-refractivity contribution in [3.63, 3.8) is 0 Å². The molecule has 120 valence electrons. The van der Waals surface area contributed by atoms with Gasteiger partial charge < -0.3 is 19.7 Å². The lowest BCUT2D eigenvalue weighted by Crippen LogP contribution is -2.46. The van der Waals surface area contributed by atoms with Crippen molar-refractivity contribution in [2.75, 3.05) is 32.2 Å². The van der Waals surface area contributed by atoms with Crippen LogP contribution in [-0.4, -0.2) is 45.0 Å². The van der Waals surface area contributed by atoms with Gasteiger partial charge in [0.1, 0.15) is 0 Å². The summed E-state index contributed by atoms with van der Waals surface area (Å²) in [6.07, 6.45) is 3.67. The van der Waals surface area contributed by atoms with E-state index >= 15 is 0 Å². The van der Waals surface area contributed by atoms with Gasteiger partial charge in [0.25, 0.3) is 5.91 Å². The number of rotatable bonds is 3. The molecule has 0 radical (unpaired) electrons. The number of carbonyl (C=O) groups excluding carboxylic acids is 1. The molecule has 1 saturated heterocycles. The Morgan fingerprint density at radius 1 is 1.23 bits per heavy atom. The number of amides is 1. The van der Waals surface area contributed by atoms with E-state index in [4.69, 9.17) is 9.47 Å². The van der Waals surface area contributed by atoms with Gasteiger partial charge in [-0.2, -0.15) is 0 Å². The Kier molecular flexibility index (Phi) is 4.36. The molecule has 1 aromatic rings. The molecule has 1 spiro atoms. The van der Waals surface area contributed by atoms with Crippen LogP contribution in [0.1, 0.15) is 36.0 Å². The van der Waals surface area contributed by atoms with Gasteiger partial charge in [0, 0.05) is 44.2 Å². The molecule has 1 aromatic carbocycles. The van der Waals surface area contributed by atoms with Crippen molar-refractivity contribution in [2.45, 2.75) is 37.5 Å². The number of ether oxygens (including phenoxy) is 2. The Labute approximate surface area is 131 Å². The molecule has 1 saturated carbocycles. The maximum Gasteiger partial charge on any atom is 0.251 e. The van der Waals surface area contributed by atoms with Crippen LogP contribution in [0.15, 0.2) is 24.3 Å². The van der Waals surface area contributed by atoms with Crippen molar-refractivity contribution in [3.05, 3.63) is 29.8 Å². The molecule has 1 aliphatic carbocycles. The van der Waals surface area contributed by atoms with Crippen molar-refractivity contribution in [1.29, 1.82) is 0 Å². The van der Waals surface area contributed by atoms with Gasteiger partial charge in [-0.25, -0.2) is 0 Å². The van der Waals surface area contributed by atoms with Gasteiger partial charge in [-0.05, 0) is 37.1 Å². The summed E-state index contributed by atoms with van der Waals surface area (Å²) in [5.74, 6) is -0.476. The number of hydrogen-bond acceptors (Lipinski definition) is 4. The first-order chi connectivity index (χ1) is 10.6. The molecule has 0 bridgehead atoms. The Morgan fingerprint density at radius 2 is 1.91 bits per heavy atom. The summed E-state index contributed by atoms with van der Waals surface area (Å²) in [7, 11) is 3.97. The lowest BCUT2D eigenvalue weighted by Gasteiger charge is -2.36. The number of hydrogen-bond donors (Lipinski definition) is 1. The number of nitrogens with one attached hydrogen (secondary N) is 1. The topological polar surface area (TPSA) is 50.8 Å². The van der Waals surface area contributed by atoms with Crippen molar-refractivity contribution in [3.8, 4) is 0 Å². The molecule has 1 aliphatic heterocycles. The van der Waals surface area contributed by atoms with E-state index in [1.165, 1.54) is 0 Å². The standard InChI is InChI=1S/C17H24N2O3/c1-19(2)15-7-5-13(6-8-15)16(20)18-14-4-3-9-17(12-14)21-10-11-22-17/h5-8,14H,3-4,9-12H2,1-2H3,(H,18,20)/t14-/m1/s1. The van der Waals surface area contributed by atoms with Crippen molar-refractivity contribution in [1.82, 2.24) is 5.32 Å². The molecule has 0 aromatic heterocycles. The summed E-state index contributed by atoms with van der Waals surface area (Å²) in [6.45, 7) is 1.32. The molecule has 0 unspecified atom stereocenters. The van der Waals surface area contributed by atoms with Crippen LogP contribution in [0.3, 0.4) is 0 Å². The fraction of sp³-hybridized carbons (Fsp3) is 0.588. The summed E-state index contributed by atoms with van der Waals surface area (Å²) in [6, 6.07) is 7.77. The third-order valence-corrected chi connectivity index (χ3v) is 4.46. The first kappa shape index (κ1) is 15.3. The normalized spacial score (nSPS) is 23.5. The second-order valence-corrected chi connectivity index (χ2v) is 6.32. The minimum atomic E-state index is -0.453. The molecule has 22 heavy (non-hydrogen) atoms. The van der Waals surface area contributed by atoms with E-state index in [-0.39, 0.29) is 11.9 Å². The van der Waals surface area contributed by atoms with Crippen LogP contribution in [0.2, 0.25) is 0 Å². The molecule has 5 nitrogen and oxygen atoms in total. The average Bonchev–Trinajstić information content (AvgIpc) is 2.95. The quantitative estimate of drug-likeness (QED) is 0.930. The molecule has 2 aliphatic rings. The van der Waals surface area contributed by atoms with E-state index < -0.39 is 5.79 Å². The highest BCUT2D eigenvalue weighted by molar-refractivity contribution is 5.94. The SMILES string of the molecule is CN(C)c1ccc(C(=O)N[C@@H]2CCCC3(C2)OCCO3)cc1. The average molecular weight is 304 g/mol. The zero-order valence-corrected chi connectivity index (χ0v) is 13.3. The third kappa shape index (κ3) is 3.25. The third-order valence-electron chi connectivity index (χ3n) is 4.46. The monoisotopic (exact) mass is 304 g/mol. The predicted molar refractivity (Wildman–Crippen MR) is 85.1 cm³/mol. The zero-order valence-electron chi connectivity index (χ0n) is 13.3. The Balaban J connectivity index is 1.61. The molecule has 1 atom stereocenters. The summed E-state index contributed by atoms with van der Waals surface area (Å²) in [5.41, 5.74) is 1.78. The van der Waals surface area contributed by atoms with Crippen molar-refractivity contribution in [2.24, 2.45) is 0 Å². The highest BCUT2D eigenvalue weighted by atomic mass is 16.7. The number of anilines is 1. The molecule has 2 fully saturated rings.